The third-order valence-electron chi connectivity index (χ3n) is 3.59. The summed E-state index contributed by atoms with van der Waals surface area (Å²) in [6.07, 6.45) is 1.49. The molecule has 0 bridgehead atoms. The van der Waals surface area contributed by atoms with Crippen molar-refractivity contribution in [2.24, 2.45) is 4.99 Å². The summed E-state index contributed by atoms with van der Waals surface area (Å²) in [6.45, 7) is 1.97. The molecule has 0 aliphatic carbocycles. The highest BCUT2D eigenvalue weighted by Gasteiger charge is 2.33. The predicted octanol–water partition coefficient (Wildman–Crippen LogP) is 3.31. The quantitative estimate of drug-likeness (QED) is 0.800. The van der Waals surface area contributed by atoms with Gasteiger partial charge >= 0.3 is 5.97 Å². The fourth-order valence-electron chi connectivity index (χ4n) is 2.35. The number of nitrogens with zero attached hydrogens (tertiary/aromatic N) is 4. The van der Waals surface area contributed by atoms with Gasteiger partial charge in [-0.2, -0.15) is 5.06 Å². The Morgan fingerprint density at radius 1 is 1.12 bits per heavy atom. The summed E-state index contributed by atoms with van der Waals surface area (Å²) in [4.78, 5) is 39.3. The van der Waals surface area contributed by atoms with Gasteiger partial charge in [0.1, 0.15) is 5.69 Å². The average Bonchev–Trinajstić information content (AvgIpc) is 3.01. The third-order valence-corrected chi connectivity index (χ3v) is 4.20. The maximum atomic E-state index is 12.3. The molecular weight excluding hydrogens is 379 g/mol. The van der Waals surface area contributed by atoms with Crippen molar-refractivity contribution in [1.29, 1.82) is 0 Å². The zero-order valence-corrected chi connectivity index (χ0v) is 15.2. The van der Waals surface area contributed by atoms with Crippen LogP contribution in [0.4, 0.5) is 5.69 Å². The van der Waals surface area contributed by atoms with Crippen molar-refractivity contribution >= 4 is 46.7 Å². The Labute approximate surface area is 159 Å². The van der Waals surface area contributed by atoms with Gasteiger partial charge in [-0.1, -0.05) is 35.3 Å². The maximum Gasteiger partial charge on any atom is 0.381 e. The Bertz CT molecular complexity index is 853. The monoisotopic (exact) mass is 392 g/mol. The van der Waals surface area contributed by atoms with E-state index in [0.717, 1.165) is 0 Å². The largest absolute Gasteiger partial charge is 0.381 e. The van der Waals surface area contributed by atoms with Gasteiger partial charge < -0.3 is 4.84 Å². The number of halogens is 2. The van der Waals surface area contributed by atoms with Crippen molar-refractivity contribution < 1.29 is 14.4 Å². The maximum absolute atomic E-state index is 12.3. The minimum absolute atomic E-state index is 0.136. The molecule has 0 unspecified atom stereocenters. The zero-order valence-electron chi connectivity index (χ0n) is 13.7. The molecule has 1 aliphatic heterocycles. The summed E-state index contributed by atoms with van der Waals surface area (Å²) in [6, 6.07) is 9.84. The number of carbonyl (C=O) groups excluding carboxylic acids is 2. The molecule has 1 fully saturated rings. The first kappa shape index (κ1) is 18.2. The second-order valence-electron chi connectivity index (χ2n) is 5.35. The predicted molar refractivity (Wildman–Crippen MR) is 97.3 cm³/mol. The molecule has 0 atom stereocenters. The number of amides is 1. The van der Waals surface area contributed by atoms with Gasteiger partial charge in [0.25, 0.3) is 0 Å². The molecule has 0 spiro atoms. The van der Waals surface area contributed by atoms with Gasteiger partial charge in [-0.05, 0) is 24.3 Å². The zero-order chi connectivity index (χ0) is 18.7. The SMILES string of the molecule is CC(=O)N1CCN(OC(=O)c2ccccn2)C1=Nc1c(Cl)cccc1Cl. The average molecular weight is 393 g/mol. The summed E-state index contributed by atoms with van der Waals surface area (Å²) >= 11 is 12.3. The van der Waals surface area contributed by atoms with Crippen molar-refractivity contribution in [3.8, 4) is 0 Å². The van der Waals surface area contributed by atoms with Crippen LogP contribution in [-0.4, -0.2) is 45.9 Å². The van der Waals surface area contributed by atoms with Gasteiger partial charge in [0.15, 0.2) is 5.69 Å². The summed E-state index contributed by atoms with van der Waals surface area (Å²) in [5.74, 6) is -0.769. The number of hydrogen-bond donors (Lipinski definition) is 0. The van der Waals surface area contributed by atoms with Crippen molar-refractivity contribution in [3.05, 3.63) is 58.3 Å². The van der Waals surface area contributed by atoms with E-state index in [2.05, 4.69) is 9.98 Å². The topological polar surface area (TPSA) is 75.1 Å². The van der Waals surface area contributed by atoms with E-state index in [1.807, 2.05) is 0 Å². The molecule has 1 aromatic carbocycles. The van der Waals surface area contributed by atoms with Crippen LogP contribution in [0, 0.1) is 0 Å². The molecule has 1 aliphatic rings. The molecule has 7 nitrogen and oxygen atoms in total. The summed E-state index contributed by atoms with van der Waals surface area (Å²) < 4.78 is 0. The molecule has 9 heteroatoms. The van der Waals surface area contributed by atoms with E-state index in [1.54, 1.807) is 30.3 Å². The van der Waals surface area contributed by atoms with Gasteiger partial charge in [0.2, 0.25) is 11.9 Å². The van der Waals surface area contributed by atoms with Crippen LogP contribution in [0.3, 0.4) is 0 Å². The van der Waals surface area contributed by atoms with Crippen LogP contribution in [0.1, 0.15) is 17.4 Å². The fourth-order valence-corrected chi connectivity index (χ4v) is 2.83. The smallest absolute Gasteiger partial charge is 0.331 e. The van der Waals surface area contributed by atoms with E-state index in [0.29, 0.717) is 16.6 Å². The van der Waals surface area contributed by atoms with Crippen LogP contribution in [0.15, 0.2) is 47.6 Å². The van der Waals surface area contributed by atoms with Crippen LogP contribution < -0.4 is 0 Å². The van der Waals surface area contributed by atoms with Gasteiger partial charge in [0, 0.05) is 13.1 Å². The highest BCUT2D eigenvalue weighted by Crippen LogP contribution is 2.33. The van der Waals surface area contributed by atoms with Gasteiger partial charge in [0.05, 0.1) is 23.1 Å². The molecule has 0 saturated carbocycles. The van der Waals surface area contributed by atoms with Gasteiger partial charge in [-0.25, -0.2) is 14.8 Å². The molecule has 2 aromatic rings. The molecule has 1 amide bonds. The number of para-hydroxylation sites is 1. The van der Waals surface area contributed by atoms with E-state index in [4.69, 9.17) is 28.0 Å². The second-order valence-corrected chi connectivity index (χ2v) is 6.16. The number of carbonyl (C=O) groups is 2. The van der Waals surface area contributed by atoms with Crippen molar-refractivity contribution in [2.75, 3.05) is 13.1 Å². The number of guanidine groups is 1. The Morgan fingerprint density at radius 2 is 1.85 bits per heavy atom. The molecule has 0 radical (unpaired) electrons. The van der Waals surface area contributed by atoms with E-state index in [1.165, 1.54) is 29.2 Å². The lowest BCUT2D eigenvalue weighted by atomic mass is 10.3. The normalized spacial score (nSPS) is 15.4. The van der Waals surface area contributed by atoms with Crippen molar-refractivity contribution in [3.63, 3.8) is 0 Å². The Hall–Kier alpha value is -2.64. The Kier molecular flexibility index (Phi) is 5.39. The number of benzene rings is 1. The summed E-state index contributed by atoms with van der Waals surface area (Å²) in [5.41, 5.74) is 0.432. The highest BCUT2D eigenvalue weighted by molar-refractivity contribution is 6.38. The van der Waals surface area contributed by atoms with Crippen molar-refractivity contribution in [1.82, 2.24) is 14.9 Å². The molecule has 1 saturated heterocycles. The summed E-state index contributed by atoms with van der Waals surface area (Å²) in [7, 11) is 0. The molecule has 26 heavy (non-hydrogen) atoms. The van der Waals surface area contributed by atoms with Crippen LogP contribution in [0.25, 0.3) is 0 Å². The Morgan fingerprint density at radius 3 is 2.46 bits per heavy atom. The first-order valence-corrected chi connectivity index (χ1v) is 8.44. The van der Waals surface area contributed by atoms with Gasteiger partial charge in [-0.15, -0.1) is 0 Å². The van der Waals surface area contributed by atoms with Crippen LogP contribution >= 0.6 is 23.2 Å². The standard InChI is InChI=1S/C17H14Cl2N4O3/c1-11(24)22-9-10-23(26-16(25)14-7-2-3-8-20-14)17(22)21-15-12(18)5-4-6-13(15)19/h2-8H,9-10H2,1H3. The number of hydrogen-bond acceptors (Lipinski definition) is 5. The van der Waals surface area contributed by atoms with Crippen LogP contribution in [0.2, 0.25) is 10.0 Å². The molecular formula is C17H14Cl2N4O3. The minimum Gasteiger partial charge on any atom is -0.331 e. The molecule has 134 valence electrons. The van der Waals surface area contributed by atoms with E-state index in [9.17, 15) is 9.59 Å². The van der Waals surface area contributed by atoms with E-state index >= 15 is 0 Å². The first-order valence-electron chi connectivity index (χ1n) is 7.69. The van der Waals surface area contributed by atoms with Crippen LogP contribution in [0.5, 0.6) is 0 Å². The Balaban J connectivity index is 1.93. The highest BCUT2D eigenvalue weighted by atomic mass is 35.5. The lowest BCUT2D eigenvalue weighted by Crippen LogP contribution is -2.37. The van der Waals surface area contributed by atoms with E-state index in [-0.39, 0.29) is 29.8 Å². The number of aliphatic imine (C=N–C) groups is 1. The number of aromatic nitrogens is 1. The lowest BCUT2D eigenvalue weighted by Gasteiger charge is -2.20. The first-order chi connectivity index (χ1) is 12.5. The molecule has 3 rings (SSSR count). The lowest BCUT2D eigenvalue weighted by molar-refractivity contribution is -0.124. The number of pyridine rings is 1. The van der Waals surface area contributed by atoms with E-state index < -0.39 is 5.97 Å². The number of rotatable bonds is 3. The summed E-state index contributed by atoms with van der Waals surface area (Å²) in [5, 5.41) is 1.87. The molecule has 1 aromatic heterocycles. The van der Waals surface area contributed by atoms with Crippen LogP contribution in [-0.2, 0) is 9.63 Å². The molecule has 2 heterocycles. The third kappa shape index (κ3) is 3.79. The van der Waals surface area contributed by atoms with Gasteiger partial charge in [-0.3, -0.25) is 9.69 Å². The molecule has 0 N–H and O–H groups in total. The number of hydroxylamine groups is 2. The van der Waals surface area contributed by atoms with Crippen molar-refractivity contribution in [2.45, 2.75) is 6.92 Å². The second kappa shape index (κ2) is 7.72. The fraction of sp³-hybridized carbons (Fsp3) is 0.176. The minimum atomic E-state index is -0.658.